The summed E-state index contributed by atoms with van der Waals surface area (Å²) >= 11 is 0. The summed E-state index contributed by atoms with van der Waals surface area (Å²) in [4.78, 5) is 24.1. The molecule has 0 bridgehead atoms. The number of hydrogen-bond acceptors (Lipinski definition) is 4. The number of hydrogen-bond donors (Lipinski definition) is 2. The van der Waals surface area contributed by atoms with E-state index in [1.54, 1.807) is 31.2 Å². The zero-order valence-electron chi connectivity index (χ0n) is 14.0. The molecule has 126 valence electrons. The van der Waals surface area contributed by atoms with E-state index in [9.17, 15) is 9.59 Å². The third-order valence-corrected chi connectivity index (χ3v) is 3.53. The Morgan fingerprint density at radius 2 is 1.62 bits per heavy atom. The first-order chi connectivity index (χ1) is 11.7. The molecule has 24 heavy (non-hydrogen) atoms. The van der Waals surface area contributed by atoms with Crippen LogP contribution in [0, 0.1) is 0 Å². The fraction of sp³-hybridized carbons (Fsp3) is 0.263. The maximum Gasteiger partial charge on any atom is 0.340 e. The Balaban J connectivity index is 2.01. The highest BCUT2D eigenvalue weighted by molar-refractivity contribution is 5.98. The number of carbonyl (C=O) groups is 2. The molecule has 0 radical (unpaired) electrons. The fourth-order valence-corrected chi connectivity index (χ4v) is 2.34. The summed E-state index contributed by atoms with van der Waals surface area (Å²) < 4.78 is 5.02. The van der Waals surface area contributed by atoms with E-state index in [2.05, 4.69) is 10.6 Å². The average molecular weight is 326 g/mol. The first-order valence-corrected chi connectivity index (χ1v) is 8.03. The largest absolute Gasteiger partial charge is 0.462 e. The molecule has 0 spiro atoms. The number of amides is 1. The van der Waals surface area contributed by atoms with Crippen molar-refractivity contribution >= 4 is 23.3 Å². The molecule has 0 aliphatic carbocycles. The number of esters is 1. The van der Waals surface area contributed by atoms with E-state index in [4.69, 9.17) is 4.74 Å². The van der Waals surface area contributed by atoms with Crippen molar-refractivity contribution in [1.29, 1.82) is 0 Å². The van der Waals surface area contributed by atoms with Crippen LogP contribution in [0.15, 0.2) is 48.5 Å². The molecule has 0 saturated heterocycles. The SMILES string of the molecule is CCOC(=O)c1ccccc1NCC(=O)Nc1ccccc1CC. The maximum atomic E-state index is 12.2. The average Bonchev–Trinajstić information content (AvgIpc) is 2.61. The van der Waals surface area contributed by atoms with E-state index in [-0.39, 0.29) is 12.5 Å². The van der Waals surface area contributed by atoms with Crippen LogP contribution in [-0.2, 0) is 16.0 Å². The van der Waals surface area contributed by atoms with Crippen LogP contribution in [0.2, 0.25) is 0 Å². The van der Waals surface area contributed by atoms with Gasteiger partial charge in [0.1, 0.15) is 0 Å². The summed E-state index contributed by atoms with van der Waals surface area (Å²) in [6.45, 7) is 4.17. The number of ether oxygens (including phenoxy) is 1. The van der Waals surface area contributed by atoms with Crippen LogP contribution in [0.5, 0.6) is 0 Å². The summed E-state index contributed by atoms with van der Waals surface area (Å²) in [5.41, 5.74) is 2.89. The van der Waals surface area contributed by atoms with Crippen molar-refractivity contribution in [2.24, 2.45) is 0 Å². The lowest BCUT2D eigenvalue weighted by atomic mass is 10.1. The number of para-hydroxylation sites is 2. The lowest BCUT2D eigenvalue weighted by Gasteiger charge is -2.13. The predicted octanol–water partition coefficient (Wildman–Crippen LogP) is 3.48. The second-order valence-electron chi connectivity index (χ2n) is 5.18. The van der Waals surface area contributed by atoms with Crippen LogP contribution >= 0.6 is 0 Å². The molecular weight excluding hydrogens is 304 g/mol. The Morgan fingerprint density at radius 3 is 2.33 bits per heavy atom. The van der Waals surface area contributed by atoms with E-state index in [0.29, 0.717) is 17.9 Å². The van der Waals surface area contributed by atoms with Gasteiger partial charge in [-0.3, -0.25) is 4.79 Å². The lowest BCUT2D eigenvalue weighted by molar-refractivity contribution is -0.114. The third kappa shape index (κ3) is 4.59. The molecule has 0 aliphatic heterocycles. The third-order valence-electron chi connectivity index (χ3n) is 3.53. The highest BCUT2D eigenvalue weighted by atomic mass is 16.5. The standard InChI is InChI=1S/C19H22N2O3/c1-3-14-9-5-7-11-16(14)21-18(22)13-20-17-12-8-6-10-15(17)19(23)24-4-2/h5-12,20H,3-4,13H2,1-2H3,(H,21,22). The van der Waals surface area contributed by atoms with Gasteiger partial charge >= 0.3 is 5.97 Å². The Hall–Kier alpha value is -2.82. The molecule has 2 aromatic carbocycles. The molecule has 0 saturated carbocycles. The molecule has 0 heterocycles. The van der Waals surface area contributed by atoms with Gasteiger partial charge in [-0.25, -0.2) is 4.79 Å². The number of rotatable bonds is 7. The molecule has 0 fully saturated rings. The summed E-state index contributed by atoms with van der Waals surface area (Å²) in [5.74, 6) is -0.577. The van der Waals surface area contributed by atoms with Gasteiger partial charge in [0, 0.05) is 11.4 Å². The van der Waals surface area contributed by atoms with Gasteiger partial charge in [-0.1, -0.05) is 37.3 Å². The Bertz CT molecular complexity index is 713. The zero-order valence-corrected chi connectivity index (χ0v) is 14.0. The monoisotopic (exact) mass is 326 g/mol. The molecule has 0 aliphatic rings. The van der Waals surface area contributed by atoms with Crippen LogP contribution in [0.4, 0.5) is 11.4 Å². The van der Waals surface area contributed by atoms with Crippen molar-refractivity contribution in [2.45, 2.75) is 20.3 Å². The van der Waals surface area contributed by atoms with E-state index in [0.717, 1.165) is 17.7 Å². The minimum atomic E-state index is -0.405. The van der Waals surface area contributed by atoms with Crippen LogP contribution in [0.1, 0.15) is 29.8 Å². The number of aryl methyl sites for hydroxylation is 1. The normalized spacial score (nSPS) is 10.1. The van der Waals surface area contributed by atoms with Crippen LogP contribution in [0.25, 0.3) is 0 Å². The van der Waals surface area contributed by atoms with Gasteiger partial charge in [-0.15, -0.1) is 0 Å². The molecule has 2 aromatic rings. The van der Waals surface area contributed by atoms with Crippen LogP contribution < -0.4 is 10.6 Å². The van der Waals surface area contributed by atoms with Crippen molar-refractivity contribution in [2.75, 3.05) is 23.8 Å². The van der Waals surface area contributed by atoms with Gasteiger partial charge in [0.15, 0.2) is 0 Å². The summed E-state index contributed by atoms with van der Waals surface area (Å²) in [7, 11) is 0. The molecule has 0 atom stereocenters. The first-order valence-electron chi connectivity index (χ1n) is 8.03. The van der Waals surface area contributed by atoms with Gasteiger partial charge in [-0.2, -0.15) is 0 Å². The maximum absolute atomic E-state index is 12.2. The van der Waals surface area contributed by atoms with Gasteiger partial charge in [0.2, 0.25) is 5.91 Å². The topological polar surface area (TPSA) is 67.4 Å². The number of benzene rings is 2. The van der Waals surface area contributed by atoms with E-state index in [1.807, 2.05) is 31.2 Å². The zero-order chi connectivity index (χ0) is 17.4. The van der Waals surface area contributed by atoms with Gasteiger partial charge in [0.25, 0.3) is 0 Å². The summed E-state index contributed by atoms with van der Waals surface area (Å²) in [6, 6.07) is 14.7. The Morgan fingerprint density at radius 1 is 0.958 bits per heavy atom. The quantitative estimate of drug-likeness (QED) is 0.765. The van der Waals surface area contributed by atoms with E-state index >= 15 is 0 Å². The molecule has 5 heteroatoms. The molecule has 2 N–H and O–H groups in total. The second kappa shape index (κ2) is 8.72. The highest BCUT2D eigenvalue weighted by Crippen LogP contribution is 2.17. The molecule has 0 aromatic heterocycles. The fourth-order valence-electron chi connectivity index (χ4n) is 2.34. The molecule has 1 amide bonds. The summed E-state index contributed by atoms with van der Waals surface area (Å²) in [5, 5.41) is 5.89. The highest BCUT2D eigenvalue weighted by Gasteiger charge is 2.12. The second-order valence-corrected chi connectivity index (χ2v) is 5.18. The smallest absolute Gasteiger partial charge is 0.340 e. The number of anilines is 2. The van der Waals surface area contributed by atoms with Crippen LogP contribution in [0.3, 0.4) is 0 Å². The lowest BCUT2D eigenvalue weighted by Crippen LogP contribution is -2.23. The summed E-state index contributed by atoms with van der Waals surface area (Å²) in [6.07, 6.45) is 0.843. The number of nitrogens with one attached hydrogen (secondary N) is 2. The van der Waals surface area contributed by atoms with Crippen molar-refractivity contribution < 1.29 is 14.3 Å². The van der Waals surface area contributed by atoms with Crippen molar-refractivity contribution in [3.63, 3.8) is 0 Å². The van der Waals surface area contributed by atoms with Crippen molar-refractivity contribution in [1.82, 2.24) is 0 Å². The first kappa shape index (κ1) is 17.5. The van der Waals surface area contributed by atoms with Crippen molar-refractivity contribution in [3.8, 4) is 0 Å². The number of carbonyl (C=O) groups excluding carboxylic acids is 2. The van der Waals surface area contributed by atoms with Crippen LogP contribution in [-0.4, -0.2) is 25.0 Å². The molecule has 2 rings (SSSR count). The van der Waals surface area contributed by atoms with Gasteiger partial charge < -0.3 is 15.4 Å². The minimum absolute atomic E-state index is 0.0640. The van der Waals surface area contributed by atoms with Gasteiger partial charge in [0.05, 0.1) is 18.7 Å². The molecule has 5 nitrogen and oxygen atoms in total. The van der Waals surface area contributed by atoms with Crippen molar-refractivity contribution in [3.05, 3.63) is 59.7 Å². The predicted molar refractivity (Wildman–Crippen MR) is 95.3 cm³/mol. The van der Waals surface area contributed by atoms with E-state index < -0.39 is 5.97 Å². The molecule has 0 unspecified atom stereocenters. The molecular formula is C19H22N2O3. The Kier molecular flexibility index (Phi) is 6.37. The van der Waals surface area contributed by atoms with E-state index in [1.165, 1.54) is 0 Å². The minimum Gasteiger partial charge on any atom is -0.462 e. The Labute approximate surface area is 142 Å². The van der Waals surface area contributed by atoms with Gasteiger partial charge in [-0.05, 0) is 37.1 Å².